The van der Waals surface area contributed by atoms with Crippen LogP contribution in [-0.2, 0) is 4.74 Å². The van der Waals surface area contributed by atoms with E-state index in [1.165, 1.54) is 25.7 Å². The summed E-state index contributed by atoms with van der Waals surface area (Å²) in [7, 11) is 1.83. The number of carbonyl (C=O) groups excluding carboxylic acids is 2. The Bertz CT molecular complexity index is 720. The summed E-state index contributed by atoms with van der Waals surface area (Å²) in [5.41, 5.74) is 2.60. The summed E-state index contributed by atoms with van der Waals surface area (Å²) in [6.45, 7) is 2.64. The molecule has 0 bridgehead atoms. The molecule has 0 fully saturated rings. The molecular weight excluding hydrogens is 338 g/mol. The zero-order valence-electron chi connectivity index (χ0n) is 16.3. The molecular formula is C23H29NO3. The van der Waals surface area contributed by atoms with E-state index in [9.17, 15) is 9.59 Å². The van der Waals surface area contributed by atoms with Gasteiger partial charge in [0.05, 0.1) is 12.2 Å². The monoisotopic (exact) mass is 367 g/mol. The Morgan fingerprint density at radius 1 is 0.778 bits per heavy atom. The lowest BCUT2D eigenvalue weighted by Gasteiger charge is -2.06. The number of benzene rings is 2. The average molecular weight is 367 g/mol. The summed E-state index contributed by atoms with van der Waals surface area (Å²) < 4.78 is 5.31. The highest BCUT2D eigenvalue weighted by Gasteiger charge is 2.11. The molecule has 0 atom stereocenters. The number of anilines is 1. The summed E-state index contributed by atoms with van der Waals surface area (Å²) in [6, 6.07) is 14.0. The Balaban J connectivity index is 1.82. The van der Waals surface area contributed by atoms with E-state index in [2.05, 4.69) is 12.2 Å². The first-order valence-electron chi connectivity index (χ1n) is 9.75. The summed E-state index contributed by atoms with van der Waals surface area (Å²) in [5, 5.41) is 3.02. The van der Waals surface area contributed by atoms with Gasteiger partial charge in [0.25, 0.3) is 0 Å². The van der Waals surface area contributed by atoms with Crippen LogP contribution in [0.4, 0.5) is 5.69 Å². The van der Waals surface area contributed by atoms with Crippen molar-refractivity contribution in [1.29, 1.82) is 0 Å². The predicted molar refractivity (Wildman–Crippen MR) is 110 cm³/mol. The van der Waals surface area contributed by atoms with Crippen LogP contribution in [-0.4, -0.2) is 25.4 Å². The first-order valence-corrected chi connectivity index (χ1v) is 9.75. The molecule has 0 aliphatic rings. The normalized spacial score (nSPS) is 10.4. The van der Waals surface area contributed by atoms with Gasteiger partial charge in [-0.05, 0) is 42.8 Å². The fourth-order valence-corrected chi connectivity index (χ4v) is 2.84. The lowest BCUT2D eigenvalue weighted by atomic mass is 10.0. The van der Waals surface area contributed by atoms with Gasteiger partial charge in [0.2, 0.25) is 0 Å². The van der Waals surface area contributed by atoms with Crippen molar-refractivity contribution >= 4 is 17.4 Å². The van der Waals surface area contributed by atoms with E-state index >= 15 is 0 Å². The predicted octanol–water partition coefficient (Wildman–Crippen LogP) is 5.48. The van der Waals surface area contributed by atoms with E-state index in [0.29, 0.717) is 23.3 Å². The third-order valence-corrected chi connectivity index (χ3v) is 4.55. The Labute approximate surface area is 161 Å². The number of carbonyl (C=O) groups is 2. The van der Waals surface area contributed by atoms with Crippen molar-refractivity contribution < 1.29 is 14.3 Å². The van der Waals surface area contributed by atoms with Gasteiger partial charge in [-0.2, -0.15) is 0 Å². The quantitative estimate of drug-likeness (QED) is 0.325. The van der Waals surface area contributed by atoms with Crippen LogP contribution in [0, 0.1) is 0 Å². The summed E-state index contributed by atoms with van der Waals surface area (Å²) >= 11 is 0. The first kappa shape index (κ1) is 20.7. The van der Waals surface area contributed by atoms with Gasteiger partial charge in [0, 0.05) is 23.9 Å². The van der Waals surface area contributed by atoms with Crippen molar-refractivity contribution in [3.05, 3.63) is 65.2 Å². The van der Waals surface area contributed by atoms with Crippen LogP contribution in [0.15, 0.2) is 48.5 Å². The van der Waals surface area contributed by atoms with E-state index in [-0.39, 0.29) is 11.8 Å². The van der Waals surface area contributed by atoms with Gasteiger partial charge in [-0.25, -0.2) is 4.79 Å². The van der Waals surface area contributed by atoms with E-state index < -0.39 is 0 Å². The van der Waals surface area contributed by atoms with Crippen molar-refractivity contribution in [2.24, 2.45) is 0 Å². The molecule has 4 heteroatoms. The standard InChI is InChI=1S/C23H29NO3/c1-3-4-5-6-7-8-17-27-23(26)20-11-9-18(10-12-20)22(25)19-13-15-21(24-2)16-14-19/h9-16,24H,3-8,17H2,1-2H3. The second kappa shape index (κ2) is 11.2. The number of nitrogens with one attached hydrogen (secondary N) is 1. The molecule has 2 rings (SSSR count). The number of esters is 1. The van der Waals surface area contributed by atoms with Gasteiger partial charge in [-0.1, -0.05) is 51.2 Å². The Hall–Kier alpha value is -2.62. The van der Waals surface area contributed by atoms with Gasteiger partial charge < -0.3 is 10.1 Å². The minimum Gasteiger partial charge on any atom is -0.462 e. The Morgan fingerprint density at radius 2 is 1.30 bits per heavy atom. The second-order valence-corrected chi connectivity index (χ2v) is 6.64. The van der Waals surface area contributed by atoms with E-state index in [1.807, 2.05) is 19.2 Å². The van der Waals surface area contributed by atoms with Crippen LogP contribution in [0.1, 0.15) is 71.7 Å². The molecule has 0 unspecified atom stereocenters. The van der Waals surface area contributed by atoms with E-state index in [4.69, 9.17) is 4.74 Å². The van der Waals surface area contributed by atoms with Crippen molar-refractivity contribution in [3.8, 4) is 0 Å². The fraction of sp³-hybridized carbons (Fsp3) is 0.391. The SMILES string of the molecule is CCCCCCCCOC(=O)c1ccc(C(=O)c2ccc(NC)cc2)cc1. The molecule has 0 saturated carbocycles. The van der Waals surface area contributed by atoms with Crippen LogP contribution in [0.5, 0.6) is 0 Å². The van der Waals surface area contributed by atoms with Gasteiger partial charge in [-0.15, -0.1) is 0 Å². The molecule has 1 N–H and O–H groups in total. The third kappa shape index (κ3) is 6.55. The lowest BCUT2D eigenvalue weighted by Crippen LogP contribution is -2.07. The fourth-order valence-electron chi connectivity index (χ4n) is 2.84. The van der Waals surface area contributed by atoms with Crippen LogP contribution in [0.25, 0.3) is 0 Å². The molecule has 144 valence electrons. The number of ether oxygens (including phenoxy) is 1. The molecule has 0 heterocycles. The molecule has 0 aliphatic carbocycles. The van der Waals surface area contributed by atoms with Gasteiger partial charge >= 0.3 is 5.97 Å². The maximum atomic E-state index is 12.5. The van der Waals surface area contributed by atoms with Crippen LogP contribution >= 0.6 is 0 Å². The molecule has 0 aromatic heterocycles. The largest absolute Gasteiger partial charge is 0.462 e. The minimum absolute atomic E-state index is 0.0651. The molecule has 0 radical (unpaired) electrons. The molecule has 2 aromatic carbocycles. The zero-order valence-corrected chi connectivity index (χ0v) is 16.3. The molecule has 0 spiro atoms. The zero-order chi connectivity index (χ0) is 19.5. The molecule has 27 heavy (non-hydrogen) atoms. The number of hydrogen-bond acceptors (Lipinski definition) is 4. The van der Waals surface area contributed by atoms with Gasteiger partial charge in [0.15, 0.2) is 5.78 Å². The molecule has 2 aromatic rings. The third-order valence-electron chi connectivity index (χ3n) is 4.55. The Morgan fingerprint density at radius 3 is 1.89 bits per heavy atom. The van der Waals surface area contributed by atoms with E-state index in [0.717, 1.165) is 18.5 Å². The maximum Gasteiger partial charge on any atom is 0.338 e. The van der Waals surface area contributed by atoms with Crippen molar-refractivity contribution in [3.63, 3.8) is 0 Å². The highest BCUT2D eigenvalue weighted by Crippen LogP contribution is 2.15. The van der Waals surface area contributed by atoms with Crippen molar-refractivity contribution in [1.82, 2.24) is 0 Å². The first-order chi connectivity index (χ1) is 13.2. The highest BCUT2D eigenvalue weighted by atomic mass is 16.5. The number of hydrogen-bond donors (Lipinski definition) is 1. The highest BCUT2D eigenvalue weighted by molar-refractivity contribution is 6.09. The lowest BCUT2D eigenvalue weighted by molar-refractivity contribution is 0.0497. The van der Waals surface area contributed by atoms with Crippen LogP contribution < -0.4 is 5.32 Å². The van der Waals surface area contributed by atoms with Crippen LogP contribution in [0.2, 0.25) is 0 Å². The van der Waals surface area contributed by atoms with Crippen molar-refractivity contribution in [2.45, 2.75) is 45.4 Å². The molecule has 4 nitrogen and oxygen atoms in total. The van der Waals surface area contributed by atoms with Gasteiger partial charge in [0.1, 0.15) is 0 Å². The summed E-state index contributed by atoms with van der Waals surface area (Å²) in [4.78, 5) is 24.6. The van der Waals surface area contributed by atoms with Crippen molar-refractivity contribution in [2.75, 3.05) is 19.0 Å². The molecule has 0 aliphatic heterocycles. The summed E-state index contributed by atoms with van der Waals surface area (Å²) in [6.07, 6.45) is 6.93. The van der Waals surface area contributed by atoms with E-state index in [1.54, 1.807) is 36.4 Å². The minimum atomic E-state index is -0.332. The second-order valence-electron chi connectivity index (χ2n) is 6.64. The molecule has 0 amide bonds. The Kier molecular flexibility index (Phi) is 8.56. The summed E-state index contributed by atoms with van der Waals surface area (Å²) in [5.74, 6) is -0.398. The molecule has 0 saturated heterocycles. The average Bonchev–Trinajstić information content (AvgIpc) is 2.72. The number of unbranched alkanes of at least 4 members (excludes halogenated alkanes) is 5. The number of rotatable bonds is 11. The van der Waals surface area contributed by atoms with Gasteiger partial charge in [-0.3, -0.25) is 4.79 Å². The number of ketones is 1. The smallest absolute Gasteiger partial charge is 0.338 e. The van der Waals surface area contributed by atoms with Crippen LogP contribution in [0.3, 0.4) is 0 Å². The maximum absolute atomic E-state index is 12.5. The topological polar surface area (TPSA) is 55.4 Å².